The van der Waals surface area contributed by atoms with Crippen LogP contribution in [-0.4, -0.2) is 26.3 Å². The molecule has 0 saturated carbocycles. The van der Waals surface area contributed by atoms with Crippen molar-refractivity contribution >= 4 is 23.2 Å². The number of ether oxygens (including phenoxy) is 2. The maximum atomic E-state index is 6.29. The van der Waals surface area contributed by atoms with E-state index < -0.39 is 0 Å². The monoisotopic (exact) mass is 602 g/mol. The second kappa shape index (κ2) is 15.2. The number of hydrogen-bond donors (Lipinski definition) is 2. The van der Waals surface area contributed by atoms with E-state index in [1.165, 1.54) is 33.4 Å². The fourth-order valence-electron chi connectivity index (χ4n) is 5.19. The van der Waals surface area contributed by atoms with E-state index >= 15 is 0 Å². The van der Waals surface area contributed by atoms with Crippen LogP contribution in [0.25, 0.3) is 11.1 Å². The van der Waals surface area contributed by atoms with E-state index in [2.05, 4.69) is 73.4 Å². The average molecular weight is 604 g/mol. The van der Waals surface area contributed by atoms with Crippen molar-refractivity contribution in [3.8, 4) is 22.6 Å². The lowest BCUT2D eigenvalue weighted by Crippen LogP contribution is -2.16. The number of benzene rings is 4. The summed E-state index contributed by atoms with van der Waals surface area (Å²) in [5.41, 5.74) is 15.8. The molecule has 220 valence electrons. The molecule has 3 N–H and O–H groups in total. The number of aryl methyl sites for hydroxylation is 2. The molecule has 0 saturated heterocycles. The van der Waals surface area contributed by atoms with Crippen molar-refractivity contribution in [1.29, 1.82) is 0 Å². The molecule has 4 aromatic rings. The fraction of sp³-hybridized carbons (Fsp3) is 0.278. The van der Waals surface area contributed by atoms with Gasteiger partial charge in [0.1, 0.15) is 19.0 Å². The highest BCUT2D eigenvalue weighted by atomic mass is 35.5. The third-order valence-corrected chi connectivity index (χ3v) is 7.85. The van der Waals surface area contributed by atoms with E-state index in [0.717, 1.165) is 36.4 Å². The van der Waals surface area contributed by atoms with Gasteiger partial charge in [-0.2, -0.15) is 0 Å². The van der Waals surface area contributed by atoms with Gasteiger partial charge in [-0.3, -0.25) is 0 Å². The third kappa shape index (κ3) is 8.54. The molecule has 0 heterocycles. The van der Waals surface area contributed by atoms with E-state index in [9.17, 15) is 0 Å². The van der Waals surface area contributed by atoms with Crippen molar-refractivity contribution in [2.75, 3.05) is 26.3 Å². The molecule has 0 spiro atoms. The Morgan fingerprint density at radius 1 is 0.905 bits per heavy atom. The van der Waals surface area contributed by atoms with Crippen molar-refractivity contribution in [3.05, 3.63) is 129 Å². The van der Waals surface area contributed by atoms with Gasteiger partial charge >= 0.3 is 0 Å². The van der Waals surface area contributed by atoms with E-state index in [1.807, 2.05) is 38.1 Å². The largest absolute Gasteiger partial charge is 0.490 e. The van der Waals surface area contributed by atoms with Gasteiger partial charge in [0, 0.05) is 18.2 Å². The van der Waals surface area contributed by atoms with Crippen molar-refractivity contribution < 1.29 is 9.47 Å². The summed E-state index contributed by atoms with van der Waals surface area (Å²) in [4.78, 5) is 0. The third-order valence-electron chi connectivity index (χ3n) is 7.29. The van der Waals surface area contributed by atoms with Crippen LogP contribution in [0, 0.1) is 13.8 Å². The van der Waals surface area contributed by atoms with Crippen LogP contribution >= 0.6 is 23.2 Å². The summed E-state index contributed by atoms with van der Waals surface area (Å²) in [6.07, 6.45) is 1.80. The second-order valence-electron chi connectivity index (χ2n) is 10.7. The Kier molecular flexibility index (Phi) is 11.4. The first-order valence-corrected chi connectivity index (χ1v) is 15.1. The Balaban J connectivity index is 1.35. The van der Waals surface area contributed by atoms with Gasteiger partial charge in [0.15, 0.2) is 5.75 Å². The molecule has 0 fully saturated rings. The van der Waals surface area contributed by atoms with Crippen LogP contribution in [0.3, 0.4) is 0 Å². The number of rotatable bonds is 14. The minimum absolute atomic E-state index is 0.221. The smallest absolute Gasteiger partial charge is 0.156 e. The maximum absolute atomic E-state index is 6.29. The predicted molar refractivity (Wildman–Crippen MR) is 177 cm³/mol. The highest BCUT2D eigenvalue weighted by Gasteiger charge is 2.15. The van der Waals surface area contributed by atoms with Crippen molar-refractivity contribution in [3.63, 3.8) is 0 Å². The van der Waals surface area contributed by atoms with E-state index in [4.69, 9.17) is 38.4 Å². The summed E-state index contributed by atoms with van der Waals surface area (Å²) in [7, 11) is 0. The molecule has 0 aliphatic carbocycles. The normalized spacial score (nSPS) is 11.7. The Morgan fingerprint density at radius 2 is 1.60 bits per heavy atom. The molecule has 1 atom stereocenters. The van der Waals surface area contributed by atoms with E-state index in [-0.39, 0.29) is 5.92 Å². The Hall–Kier alpha value is -3.44. The lowest BCUT2D eigenvalue weighted by molar-refractivity contribution is 0.217. The molecular weight excluding hydrogens is 563 g/mol. The molecule has 4 aromatic carbocycles. The minimum Gasteiger partial charge on any atom is -0.490 e. The number of nitrogens with two attached hydrogens (primary N) is 1. The summed E-state index contributed by atoms with van der Waals surface area (Å²) < 4.78 is 11.6. The van der Waals surface area contributed by atoms with Crippen LogP contribution in [0.15, 0.2) is 91.1 Å². The van der Waals surface area contributed by atoms with Gasteiger partial charge in [0.25, 0.3) is 0 Å². The topological polar surface area (TPSA) is 56.5 Å². The summed E-state index contributed by atoms with van der Waals surface area (Å²) in [6.45, 7) is 12.2. The minimum atomic E-state index is 0.221. The average Bonchev–Trinajstić information content (AvgIpc) is 2.96. The first-order valence-electron chi connectivity index (χ1n) is 14.3. The molecule has 6 heteroatoms. The predicted octanol–water partition coefficient (Wildman–Crippen LogP) is 8.69. The first-order chi connectivity index (χ1) is 20.2. The Morgan fingerprint density at radius 3 is 2.26 bits per heavy atom. The summed E-state index contributed by atoms with van der Waals surface area (Å²) in [6, 6.07) is 27.2. The second-order valence-corrected chi connectivity index (χ2v) is 11.5. The van der Waals surface area contributed by atoms with Crippen LogP contribution in [0.5, 0.6) is 11.5 Å². The van der Waals surface area contributed by atoms with Gasteiger partial charge in [-0.25, -0.2) is 0 Å². The zero-order valence-electron chi connectivity index (χ0n) is 24.7. The molecular formula is C36H40Cl2N2O2. The summed E-state index contributed by atoms with van der Waals surface area (Å²) in [5.74, 6) is 1.49. The highest BCUT2D eigenvalue weighted by Crippen LogP contribution is 2.34. The molecule has 4 nitrogen and oxygen atoms in total. The molecule has 0 aliphatic rings. The van der Waals surface area contributed by atoms with Gasteiger partial charge in [0.2, 0.25) is 0 Å². The van der Waals surface area contributed by atoms with Crippen LogP contribution in [0.1, 0.15) is 40.7 Å². The summed E-state index contributed by atoms with van der Waals surface area (Å²) >= 11 is 12.5. The number of nitrogens with one attached hydrogen (secondary N) is 1. The molecule has 0 radical (unpaired) electrons. The zero-order valence-corrected chi connectivity index (χ0v) is 26.2. The fourth-order valence-corrected chi connectivity index (χ4v) is 5.89. The lowest BCUT2D eigenvalue weighted by Gasteiger charge is -2.20. The van der Waals surface area contributed by atoms with Gasteiger partial charge < -0.3 is 20.5 Å². The number of halogens is 2. The molecule has 42 heavy (non-hydrogen) atoms. The van der Waals surface area contributed by atoms with Crippen LogP contribution < -0.4 is 20.5 Å². The quantitative estimate of drug-likeness (QED) is 0.142. The van der Waals surface area contributed by atoms with Crippen LogP contribution in [-0.2, 0) is 12.8 Å². The van der Waals surface area contributed by atoms with E-state index in [0.29, 0.717) is 35.6 Å². The Labute approximate surface area is 260 Å². The van der Waals surface area contributed by atoms with Gasteiger partial charge in [-0.1, -0.05) is 84.4 Å². The molecule has 0 aromatic heterocycles. The standard InChI is InChI=1S/C36H40Cl2N2O2/c1-24(2)40-16-15-28-7-5-6-8-33(28)29-11-14-32(26(4)21-29)30(23-39)22-27-9-12-31(13-10-27)41-17-18-42-36-34(37)19-25(3)20-35(36)38/h5-14,19-21,30,40H,1,15-18,22-23,39H2,2-4H3. The van der Waals surface area contributed by atoms with Crippen LogP contribution in [0.2, 0.25) is 10.0 Å². The SMILES string of the molecule is C=C(C)NCCc1ccccc1-c1ccc(C(CN)Cc2ccc(OCCOc3c(Cl)cc(C)cc3Cl)cc2)c(C)c1. The summed E-state index contributed by atoms with van der Waals surface area (Å²) in [5, 5.41) is 4.34. The molecule has 0 aliphatic heterocycles. The van der Waals surface area contributed by atoms with E-state index in [1.54, 1.807) is 0 Å². The Bertz CT molecular complexity index is 1480. The molecule has 1 unspecified atom stereocenters. The molecule has 0 bridgehead atoms. The van der Waals surface area contributed by atoms with Gasteiger partial charge in [0.05, 0.1) is 10.0 Å². The lowest BCUT2D eigenvalue weighted by atomic mass is 9.87. The van der Waals surface area contributed by atoms with Gasteiger partial charge in [-0.05, 0) is 103 Å². The number of allylic oxidation sites excluding steroid dienone is 1. The number of hydrogen-bond acceptors (Lipinski definition) is 4. The van der Waals surface area contributed by atoms with Crippen molar-refractivity contribution in [1.82, 2.24) is 5.32 Å². The molecule has 4 rings (SSSR count). The zero-order chi connectivity index (χ0) is 30.1. The van der Waals surface area contributed by atoms with Gasteiger partial charge in [-0.15, -0.1) is 0 Å². The van der Waals surface area contributed by atoms with Crippen molar-refractivity contribution in [2.24, 2.45) is 5.73 Å². The highest BCUT2D eigenvalue weighted by molar-refractivity contribution is 6.37. The van der Waals surface area contributed by atoms with Crippen molar-refractivity contribution in [2.45, 2.75) is 39.5 Å². The molecule has 0 amide bonds. The van der Waals surface area contributed by atoms with Crippen LogP contribution in [0.4, 0.5) is 0 Å². The first kappa shape index (κ1) is 31.5. The maximum Gasteiger partial charge on any atom is 0.156 e.